The van der Waals surface area contributed by atoms with E-state index in [9.17, 15) is 9.18 Å². The number of nitrogens with zero attached hydrogens (tertiary/aromatic N) is 1. The number of thiazole rings is 1. The van der Waals surface area contributed by atoms with Gasteiger partial charge in [-0.15, -0.1) is 11.3 Å². The zero-order valence-electron chi connectivity index (χ0n) is 10.5. The Bertz CT molecular complexity index is 693. The second-order valence-electron chi connectivity index (χ2n) is 5.03. The molecule has 0 fully saturated rings. The summed E-state index contributed by atoms with van der Waals surface area (Å²) in [6.07, 6.45) is 0. The van der Waals surface area contributed by atoms with Crippen LogP contribution in [0, 0.1) is 5.82 Å². The van der Waals surface area contributed by atoms with Gasteiger partial charge in [-0.1, -0.05) is 0 Å². The number of aromatic nitrogens is 1. The van der Waals surface area contributed by atoms with Gasteiger partial charge in [0.25, 0.3) is 0 Å². The molecular formula is C13H12FN3OS. The zero-order chi connectivity index (χ0) is 13.8. The van der Waals surface area contributed by atoms with Gasteiger partial charge in [-0.25, -0.2) is 9.37 Å². The minimum absolute atomic E-state index is 0.141. The van der Waals surface area contributed by atoms with Crippen molar-refractivity contribution >= 4 is 28.1 Å². The molecular weight excluding hydrogens is 265 g/mol. The standard InChI is InChI=1S/C13H12FN3OS/c1-13(2)8-4-6(14)3-7(10(8)17-11(13)18)9-5-19-12(15)16-9/h3-5H,1-2H3,(H2,15,16)(H,17,18). The lowest BCUT2D eigenvalue weighted by atomic mass is 9.85. The van der Waals surface area contributed by atoms with Crippen molar-refractivity contribution in [2.24, 2.45) is 0 Å². The highest BCUT2D eigenvalue weighted by atomic mass is 32.1. The molecule has 3 rings (SSSR count). The number of amides is 1. The molecule has 0 saturated heterocycles. The zero-order valence-corrected chi connectivity index (χ0v) is 11.3. The minimum atomic E-state index is -0.742. The molecule has 0 spiro atoms. The molecule has 3 N–H and O–H groups in total. The molecule has 1 aromatic carbocycles. The van der Waals surface area contributed by atoms with Crippen molar-refractivity contribution in [3.8, 4) is 11.3 Å². The highest BCUT2D eigenvalue weighted by molar-refractivity contribution is 7.13. The fraction of sp³-hybridized carbons (Fsp3) is 0.231. The fourth-order valence-corrected chi connectivity index (χ4v) is 2.80. The summed E-state index contributed by atoms with van der Waals surface area (Å²) in [6.45, 7) is 3.54. The Morgan fingerprint density at radius 3 is 2.79 bits per heavy atom. The Hall–Kier alpha value is -1.95. The van der Waals surface area contributed by atoms with Gasteiger partial charge in [-0.2, -0.15) is 0 Å². The van der Waals surface area contributed by atoms with Gasteiger partial charge in [-0.3, -0.25) is 4.79 Å². The van der Waals surface area contributed by atoms with E-state index in [4.69, 9.17) is 5.73 Å². The van der Waals surface area contributed by atoms with Crippen LogP contribution in [0.1, 0.15) is 19.4 Å². The summed E-state index contributed by atoms with van der Waals surface area (Å²) >= 11 is 1.28. The molecule has 1 aliphatic rings. The predicted molar refractivity (Wildman–Crippen MR) is 73.6 cm³/mol. The quantitative estimate of drug-likeness (QED) is 0.842. The lowest BCUT2D eigenvalue weighted by Gasteiger charge is -2.15. The second kappa shape index (κ2) is 3.77. The van der Waals surface area contributed by atoms with E-state index in [2.05, 4.69) is 10.3 Å². The Kier molecular flexibility index (Phi) is 2.40. The van der Waals surface area contributed by atoms with Gasteiger partial charge >= 0.3 is 0 Å². The smallest absolute Gasteiger partial charge is 0.234 e. The van der Waals surface area contributed by atoms with E-state index in [1.807, 2.05) is 0 Å². The van der Waals surface area contributed by atoms with Crippen LogP contribution in [0.2, 0.25) is 0 Å². The average molecular weight is 277 g/mol. The van der Waals surface area contributed by atoms with Crippen LogP contribution < -0.4 is 11.1 Å². The van der Waals surface area contributed by atoms with Crippen molar-refractivity contribution in [3.63, 3.8) is 0 Å². The number of anilines is 2. The number of nitrogen functional groups attached to an aromatic ring is 1. The second-order valence-corrected chi connectivity index (χ2v) is 5.92. The number of rotatable bonds is 1. The van der Waals surface area contributed by atoms with E-state index >= 15 is 0 Å². The third-order valence-corrected chi connectivity index (χ3v) is 4.05. The molecule has 0 atom stereocenters. The number of nitrogens with two attached hydrogens (primary N) is 1. The first-order valence-electron chi connectivity index (χ1n) is 5.76. The first kappa shape index (κ1) is 12.1. The van der Waals surface area contributed by atoms with E-state index in [-0.39, 0.29) is 11.7 Å². The van der Waals surface area contributed by atoms with Crippen LogP contribution in [0.15, 0.2) is 17.5 Å². The van der Waals surface area contributed by atoms with E-state index in [1.165, 1.54) is 23.5 Å². The van der Waals surface area contributed by atoms with Gasteiger partial charge in [0.2, 0.25) is 5.91 Å². The SMILES string of the molecule is CC1(C)C(=O)Nc2c(-c3csc(N)n3)cc(F)cc21. The number of hydrogen-bond donors (Lipinski definition) is 2. The number of hydrogen-bond acceptors (Lipinski definition) is 4. The molecule has 2 aromatic rings. The van der Waals surface area contributed by atoms with Crippen LogP contribution in [0.25, 0.3) is 11.3 Å². The third kappa shape index (κ3) is 1.71. The van der Waals surface area contributed by atoms with Crippen LogP contribution >= 0.6 is 11.3 Å². The van der Waals surface area contributed by atoms with Crippen molar-refractivity contribution in [1.82, 2.24) is 4.98 Å². The summed E-state index contributed by atoms with van der Waals surface area (Å²) in [5, 5.41) is 4.97. The Morgan fingerprint density at radius 2 is 2.16 bits per heavy atom. The van der Waals surface area contributed by atoms with Gasteiger partial charge in [0, 0.05) is 10.9 Å². The molecule has 1 amide bonds. The summed E-state index contributed by atoms with van der Waals surface area (Å²) in [4.78, 5) is 16.1. The highest BCUT2D eigenvalue weighted by Crippen LogP contribution is 2.43. The molecule has 0 unspecified atom stereocenters. The molecule has 2 heterocycles. The number of nitrogens with one attached hydrogen (secondary N) is 1. The first-order chi connectivity index (χ1) is 8.89. The van der Waals surface area contributed by atoms with Crippen LogP contribution in [0.3, 0.4) is 0 Å². The molecule has 6 heteroatoms. The maximum atomic E-state index is 13.8. The predicted octanol–water partition coefficient (Wildman–Crippen LogP) is 2.76. The number of halogens is 1. The molecule has 0 bridgehead atoms. The number of fused-ring (bicyclic) bond motifs is 1. The molecule has 1 aliphatic heterocycles. The number of carbonyl (C=O) groups excluding carboxylic acids is 1. The largest absolute Gasteiger partial charge is 0.375 e. The van der Waals surface area contributed by atoms with Gasteiger partial charge in [0.15, 0.2) is 5.13 Å². The van der Waals surface area contributed by atoms with E-state index in [0.717, 1.165) is 0 Å². The normalized spacial score (nSPS) is 16.3. The molecule has 4 nitrogen and oxygen atoms in total. The third-order valence-electron chi connectivity index (χ3n) is 3.38. The van der Waals surface area contributed by atoms with Crippen molar-refractivity contribution in [1.29, 1.82) is 0 Å². The van der Waals surface area contributed by atoms with Crippen LogP contribution in [0.4, 0.5) is 15.2 Å². The highest BCUT2D eigenvalue weighted by Gasteiger charge is 2.40. The van der Waals surface area contributed by atoms with Crippen molar-refractivity contribution in [2.45, 2.75) is 19.3 Å². The number of benzene rings is 1. The molecule has 1 aromatic heterocycles. The van der Waals surface area contributed by atoms with Gasteiger partial charge in [0.05, 0.1) is 16.8 Å². The summed E-state index contributed by atoms with van der Waals surface area (Å²) in [5.41, 5.74) is 7.29. The summed E-state index contributed by atoms with van der Waals surface area (Å²) in [7, 11) is 0. The summed E-state index contributed by atoms with van der Waals surface area (Å²) in [5.74, 6) is -0.526. The average Bonchev–Trinajstić information content (AvgIpc) is 2.84. The van der Waals surface area contributed by atoms with Crippen molar-refractivity contribution in [3.05, 3.63) is 28.9 Å². The topological polar surface area (TPSA) is 68.0 Å². The monoisotopic (exact) mass is 277 g/mol. The lowest BCUT2D eigenvalue weighted by molar-refractivity contribution is -0.119. The van der Waals surface area contributed by atoms with Crippen molar-refractivity contribution < 1.29 is 9.18 Å². The van der Waals surface area contributed by atoms with Crippen molar-refractivity contribution in [2.75, 3.05) is 11.1 Å². The fourth-order valence-electron chi connectivity index (χ4n) is 2.24. The van der Waals surface area contributed by atoms with E-state index in [1.54, 1.807) is 19.2 Å². The molecule has 98 valence electrons. The van der Waals surface area contributed by atoms with E-state index in [0.29, 0.717) is 27.6 Å². The molecule has 0 aliphatic carbocycles. The molecule has 0 saturated carbocycles. The molecule has 19 heavy (non-hydrogen) atoms. The van der Waals surface area contributed by atoms with Gasteiger partial charge in [-0.05, 0) is 31.5 Å². The maximum absolute atomic E-state index is 13.8. The first-order valence-corrected chi connectivity index (χ1v) is 6.64. The lowest BCUT2D eigenvalue weighted by Crippen LogP contribution is -2.26. The Labute approximate surface area is 113 Å². The maximum Gasteiger partial charge on any atom is 0.234 e. The van der Waals surface area contributed by atoms with Crippen LogP contribution in [0.5, 0.6) is 0 Å². The summed E-state index contributed by atoms with van der Waals surface area (Å²) in [6, 6.07) is 2.77. The Morgan fingerprint density at radius 1 is 1.42 bits per heavy atom. The summed E-state index contributed by atoms with van der Waals surface area (Å²) < 4.78 is 13.8. The van der Waals surface area contributed by atoms with Crippen LogP contribution in [-0.4, -0.2) is 10.9 Å². The number of carbonyl (C=O) groups is 1. The minimum Gasteiger partial charge on any atom is -0.375 e. The van der Waals surface area contributed by atoms with Gasteiger partial charge in [0.1, 0.15) is 5.82 Å². The molecule has 0 radical (unpaired) electrons. The Balaban J connectivity index is 2.27. The van der Waals surface area contributed by atoms with Crippen LogP contribution in [-0.2, 0) is 10.2 Å². The van der Waals surface area contributed by atoms with E-state index < -0.39 is 5.41 Å². The van der Waals surface area contributed by atoms with Gasteiger partial charge < -0.3 is 11.1 Å².